The van der Waals surface area contributed by atoms with Crippen LogP contribution in [0.15, 0.2) is 12.7 Å². The number of hydrogen-bond donors (Lipinski definition) is 1. The maximum atomic E-state index is 11.0. The summed E-state index contributed by atoms with van der Waals surface area (Å²) >= 11 is 0. The number of rotatable bonds is 4. The first-order valence-electron chi connectivity index (χ1n) is 5.17. The van der Waals surface area contributed by atoms with E-state index in [0.717, 1.165) is 0 Å². The van der Waals surface area contributed by atoms with Crippen LogP contribution in [0.1, 0.15) is 25.7 Å². The van der Waals surface area contributed by atoms with Crippen molar-refractivity contribution < 1.29 is 19.4 Å². The third-order valence-electron chi connectivity index (χ3n) is 2.51. The summed E-state index contributed by atoms with van der Waals surface area (Å²) in [7, 11) is 1.35. The Morgan fingerprint density at radius 2 is 2.27 bits per heavy atom. The van der Waals surface area contributed by atoms with E-state index < -0.39 is 6.10 Å². The van der Waals surface area contributed by atoms with E-state index in [1.807, 2.05) is 0 Å². The molecule has 4 nitrogen and oxygen atoms in total. The zero-order valence-electron chi connectivity index (χ0n) is 9.02. The summed E-state index contributed by atoms with van der Waals surface area (Å²) in [5.41, 5.74) is 0. The molecule has 0 bridgehead atoms. The molecular formula is C11H18O4. The highest BCUT2D eigenvalue weighted by atomic mass is 16.5. The third-order valence-corrected chi connectivity index (χ3v) is 2.51. The molecule has 1 N–H and O–H groups in total. The van der Waals surface area contributed by atoms with Gasteiger partial charge < -0.3 is 14.6 Å². The highest BCUT2D eigenvalue weighted by Gasteiger charge is 2.29. The molecule has 1 heterocycles. The highest BCUT2D eigenvalue weighted by Crippen LogP contribution is 2.24. The van der Waals surface area contributed by atoms with Gasteiger partial charge in [-0.2, -0.15) is 0 Å². The van der Waals surface area contributed by atoms with Crippen LogP contribution in [0.5, 0.6) is 0 Å². The number of aliphatic hydroxyl groups excluding tert-OH is 1. The van der Waals surface area contributed by atoms with Crippen LogP contribution in [0.3, 0.4) is 0 Å². The molecule has 1 fully saturated rings. The molecule has 1 aliphatic rings. The van der Waals surface area contributed by atoms with E-state index in [-0.39, 0.29) is 24.6 Å². The number of methoxy groups -OCH3 is 1. The van der Waals surface area contributed by atoms with Crippen molar-refractivity contribution in [1.29, 1.82) is 0 Å². The molecule has 0 aromatic rings. The Kier molecular flexibility index (Phi) is 4.78. The summed E-state index contributed by atoms with van der Waals surface area (Å²) in [6, 6.07) is 0. The molecule has 0 saturated carbocycles. The fourth-order valence-corrected chi connectivity index (χ4v) is 1.82. The quantitative estimate of drug-likeness (QED) is 0.561. The highest BCUT2D eigenvalue weighted by molar-refractivity contribution is 5.69. The van der Waals surface area contributed by atoms with Crippen LogP contribution in [0.25, 0.3) is 0 Å². The average molecular weight is 214 g/mol. The van der Waals surface area contributed by atoms with Crippen molar-refractivity contribution in [2.24, 2.45) is 0 Å². The van der Waals surface area contributed by atoms with Gasteiger partial charge in [0.2, 0.25) is 0 Å². The fraction of sp³-hybridized carbons (Fsp3) is 0.727. The van der Waals surface area contributed by atoms with Crippen LogP contribution in [0.2, 0.25) is 0 Å². The van der Waals surface area contributed by atoms with E-state index in [2.05, 4.69) is 11.3 Å². The van der Waals surface area contributed by atoms with Crippen molar-refractivity contribution in [3.8, 4) is 0 Å². The minimum absolute atomic E-state index is 0.0269. The average Bonchev–Trinajstić information content (AvgIpc) is 2.17. The van der Waals surface area contributed by atoms with E-state index >= 15 is 0 Å². The summed E-state index contributed by atoms with van der Waals surface area (Å²) in [5, 5.41) is 9.60. The topological polar surface area (TPSA) is 55.8 Å². The Hall–Kier alpha value is -0.870. The van der Waals surface area contributed by atoms with Gasteiger partial charge in [0.15, 0.2) is 0 Å². The van der Waals surface area contributed by atoms with Crippen LogP contribution < -0.4 is 0 Å². The number of ether oxygens (including phenoxy) is 2. The lowest BCUT2D eigenvalue weighted by molar-refractivity contribution is -0.150. The predicted molar refractivity (Wildman–Crippen MR) is 55.3 cm³/mol. The molecule has 1 aliphatic heterocycles. The summed E-state index contributed by atoms with van der Waals surface area (Å²) in [5.74, 6) is -0.300. The SMILES string of the molecule is C=CC[C@H]1C[C@H](O)C[C@H](CC(=O)OC)O1. The van der Waals surface area contributed by atoms with Crippen LogP contribution in [0.4, 0.5) is 0 Å². The lowest BCUT2D eigenvalue weighted by atomic mass is 9.97. The summed E-state index contributed by atoms with van der Waals surface area (Å²) in [6.07, 6.45) is 3.14. The van der Waals surface area contributed by atoms with Crippen LogP contribution >= 0.6 is 0 Å². The van der Waals surface area contributed by atoms with E-state index in [1.54, 1.807) is 6.08 Å². The molecule has 0 spiro atoms. The molecule has 4 heteroatoms. The lowest BCUT2D eigenvalue weighted by Crippen LogP contribution is -2.36. The largest absolute Gasteiger partial charge is 0.469 e. The molecule has 0 aliphatic carbocycles. The van der Waals surface area contributed by atoms with Gasteiger partial charge in [0.25, 0.3) is 0 Å². The standard InChI is InChI=1S/C11H18O4/c1-3-4-9-5-8(12)6-10(15-9)7-11(13)14-2/h3,8-10,12H,1,4-7H2,2H3/t8-,9-,10+/m0/s1. The fourth-order valence-electron chi connectivity index (χ4n) is 1.82. The zero-order chi connectivity index (χ0) is 11.3. The van der Waals surface area contributed by atoms with Gasteiger partial charge in [-0.3, -0.25) is 4.79 Å². The summed E-state index contributed by atoms with van der Waals surface area (Å²) in [6.45, 7) is 3.63. The predicted octanol–water partition coefficient (Wildman–Crippen LogP) is 1.03. The second kappa shape index (κ2) is 5.88. The first kappa shape index (κ1) is 12.2. The first-order chi connectivity index (χ1) is 7.15. The molecule has 3 atom stereocenters. The van der Waals surface area contributed by atoms with Crippen molar-refractivity contribution in [3.63, 3.8) is 0 Å². The van der Waals surface area contributed by atoms with Crippen molar-refractivity contribution >= 4 is 5.97 Å². The maximum Gasteiger partial charge on any atom is 0.308 e. The summed E-state index contributed by atoms with van der Waals surface area (Å²) in [4.78, 5) is 11.0. The number of esters is 1. The van der Waals surface area contributed by atoms with Gasteiger partial charge in [-0.05, 0) is 12.8 Å². The molecule has 0 radical (unpaired) electrons. The Balaban J connectivity index is 2.43. The lowest BCUT2D eigenvalue weighted by Gasteiger charge is -2.32. The van der Waals surface area contributed by atoms with Crippen LogP contribution in [0, 0.1) is 0 Å². The van der Waals surface area contributed by atoms with E-state index in [0.29, 0.717) is 19.3 Å². The van der Waals surface area contributed by atoms with Gasteiger partial charge in [0, 0.05) is 6.42 Å². The second-order valence-electron chi connectivity index (χ2n) is 3.81. The van der Waals surface area contributed by atoms with Gasteiger partial charge in [0.1, 0.15) is 0 Å². The van der Waals surface area contributed by atoms with E-state index in [9.17, 15) is 9.90 Å². The van der Waals surface area contributed by atoms with Crippen molar-refractivity contribution in [2.45, 2.75) is 44.0 Å². The molecule has 0 aromatic heterocycles. The van der Waals surface area contributed by atoms with Gasteiger partial charge >= 0.3 is 5.97 Å². The van der Waals surface area contributed by atoms with Gasteiger partial charge in [-0.25, -0.2) is 0 Å². The molecule has 0 aromatic carbocycles. The van der Waals surface area contributed by atoms with Gasteiger partial charge in [0.05, 0.1) is 31.8 Å². The van der Waals surface area contributed by atoms with Crippen molar-refractivity contribution in [2.75, 3.05) is 7.11 Å². The van der Waals surface area contributed by atoms with Gasteiger partial charge in [-0.15, -0.1) is 6.58 Å². The number of carbonyl (C=O) groups excluding carboxylic acids is 1. The first-order valence-corrected chi connectivity index (χ1v) is 5.17. The van der Waals surface area contributed by atoms with Crippen molar-refractivity contribution in [3.05, 3.63) is 12.7 Å². The number of hydrogen-bond acceptors (Lipinski definition) is 4. The Bertz CT molecular complexity index is 227. The number of aliphatic hydroxyl groups is 1. The molecule has 0 amide bonds. The molecule has 15 heavy (non-hydrogen) atoms. The smallest absolute Gasteiger partial charge is 0.308 e. The Morgan fingerprint density at radius 3 is 2.87 bits per heavy atom. The molecule has 1 rings (SSSR count). The monoisotopic (exact) mass is 214 g/mol. The van der Waals surface area contributed by atoms with Crippen LogP contribution in [-0.2, 0) is 14.3 Å². The van der Waals surface area contributed by atoms with Gasteiger partial charge in [-0.1, -0.05) is 6.08 Å². The molecular weight excluding hydrogens is 196 g/mol. The van der Waals surface area contributed by atoms with E-state index in [4.69, 9.17) is 4.74 Å². The number of carbonyl (C=O) groups is 1. The minimum atomic E-state index is -0.390. The Morgan fingerprint density at radius 1 is 1.60 bits per heavy atom. The van der Waals surface area contributed by atoms with Crippen LogP contribution in [-0.4, -0.2) is 36.5 Å². The Labute approximate surface area is 89.9 Å². The minimum Gasteiger partial charge on any atom is -0.469 e. The normalized spacial score (nSPS) is 30.9. The molecule has 1 saturated heterocycles. The maximum absolute atomic E-state index is 11.0. The zero-order valence-corrected chi connectivity index (χ0v) is 9.02. The third kappa shape index (κ3) is 4.01. The molecule has 86 valence electrons. The summed E-state index contributed by atoms with van der Waals surface area (Å²) < 4.78 is 10.2. The second-order valence-corrected chi connectivity index (χ2v) is 3.81. The van der Waals surface area contributed by atoms with Crippen molar-refractivity contribution in [1.82, 2.24) is 0 Å². The van der Waals surface area contributed by atoms with E-state index in [1.165, 1.54) is 7.11 Å². The molecule has 0 unspecified atom stereocenters.